The molecule has 2 aliphatic heterocycles. The van der Waals surface area contributed by atoms with Gasteiger partial charge in [0.2, 0.25) is 5.91 Å². The van der Waals surface area contributed by atoms with Gasteiger partial charge in [0.15, 0.2) is 0 Å². The molecule has 2 atom stereocenters. The van der Waals surface area contributed by atoms with Gasteiger partial charge in [-0.3, -0.25) is 4.79 Å². The third-order valence-corrected chi connectivity index (χ3v) is 5.73. The zero-order chi connectivity index (χ0) is 21.1. The summed E-state index contributed by atoms with van der Waals surface area (Å²) in [6, 6.07) is 18.3. The molecule has 2 aromatic rings. The van der Waals surface area contributed by atoms with Crippen LogP contribution in [0.15, 0.2) is 60.7 Å². The first-order chi connectivity index (χ1) is 14.5. The van der Waals surface area contributed by atoms with Gasteiger partial charge >= 0.3 is 12.2 Å². The molecule has 7 heteroatoms. The average molecular weight is 408 g/mol. The minimum absolute atomic E-state index is 0.132. The number of carbonyl (C=O) groups excluding carboxylic acids is 3. The summed E-state index contributed by atoms with van der Waals surface area (Å²) in [4.78, 5) is 40.9. The predicted molar refractivity (Wildman–Crippen MR) is 108 cm³/mol. The fourth-order valence-corrected chi connectivity index (χ4v) is 3.96. The molecule has 0 unspecified atom stereocenters. The van der Waals surface area contributed by atoms with Crippen LogP contribution in [0.1, 0.15) is 30.5 Å². The van der Waals surface area contributed by atoms with Gasteiger partial charge in [0.1, 0.15) is 19.3 Å². The first-order valence-electron chi connectivity index (χ1n) is 9.99. The average Bonchev–Trinajstić information content (AvgIpc) is 3.37. The molecule has 2 heterocycles. The number of rotatable bonds is 4. The number of hydrogen-bond donors (Lipinski definition) is 0. The summed E-state index contributed by atoms with van der Waals surface area (Å²) in [5.74, 6) is -0.322. The first-order valence-corrected chi connectivity index (χ1v) is 9.99. The highest BCUT2D eigenvalue weighted by molar-refractivity contribution is 5.97. The van der Waals surface area contributed by atoms with Gasteiger partial charge in [-0.05, 0) is 24.5 Å². The molecule has 156 valence electrons. The van der Waals surface area contributed by atoms with Gasteiger partial charge in [-0.1, -0.05) is 60.7 Å². The van der Waals surface area contributed by atoms with Crippen LogP contribution in [-0.4, -0.2) is 47.6 Å². The highest BCUT2D eigenvalue weighted by Crippen LogP contribution is 2.37. The Kier molecular flexibility index (Phi) is 5.44. The molecule has 2 saturated heterocycles. The number of ether oxygens (including phenoxy) is 2. The Morgan fingerprint density at radius 1 is 1.10 bits per heavy atom. The Hall–Kier alpha value is -3.35. The number of imide groups is 1. The van der Waals surface area contributed by atoms with Crippen molar-refractivity contribution in [2.45, 2.75) is 26.0 Å². The number of nitrogens with zero attached hydrogens (tertiary/aromatic N) is 2. The zero-order valence-electron chi connectivity index (χ0n) is 16.8. The molecule has 2 aromatic carbocycles. The molecular weight excluding hydrogens is 384 g/mol. The molecule has 0 aliphatic carbocycles. The van der Waals surface area contributed by atoms with Crippen molar-refractivity contribution in [3.05, 3.63) is 71.8 Å². The number of hydrogen-bond acceptors (Lipinski definition) is 5. The van der Waals surface area contributed by atoms with Crippen LogP contribution in [-0.2, 0) is 20.9 Å². The Morgan fingerprint density at radius 3 is 2.47 bits per heavy atom. The second kappa shape index (κ2) is 8.18. The van der Waals surface area contributed by atoms with Crippen LogP contribution in [0.4, 0.5) is 9.59 Å². The molecule has 3 amide bonds. The van der Waals surface area contributed by atoms with Crippen LogP contribution in [0, 0.1) is 5.41 Å². The Morgan fingerprint density at radius 2 is 1.77 bits per heavy atom. The summed E-state index contributed by atoms with van der Waals surface area (Å²) in [6.07, 6.45) is -0.642. The lowest BCUT2D eigenvalue weighted by Crippen LogP contribution is -2.46. The van der Waals surface area contributed by atoms with Crippen molar-refractivity contribution in [1.29, 1.82) is 0 Å². The van der Waals surface area contributed by atoms with Gasteiger partial charge in [0, 0.05) is 13.1 Å². The molecule has 7 nitrogen and oxygen atoms in total. The van der Waals surface area contributed by atoms with Crippen molar-refractivity contribution in [2.75, 3.05) is 19.7 Å². The molecule has 2 aliphatic rings. The van der Waals surface area contributed by atoms with Crippen LogP contribution < -0.4 is 0 Å². The lowest BCUT2D eigenvalue weighted by molar-refractivity contribution is -0.138. The molecule has 30 heavy (non-hydrogen) atoms. The van der Waals surface area contributed by atoms with E-state index in [0.717, 1.165) is 11.1 Å². The third kappa shape index (κ3) is 3.87. The minimum atomic E-state index is -0.873. The van der Waals surface area contributed by atoms with E-state index in [1.807, 2.05) is 60.7 Å². The number of cyclic esters (lactones) is 1. The Labute approximate surface area is 175 Å². The molecule has 0 saturated carbocycles. The molecule has 0 radical (unpaired) electrons. The second-order valence-electron chi connectivity index (χ2n) is 7.95. The summed E-state index contributed by atoms with van der Waals surface area (Å²) in [5.41, 5.74) is 0.870. The fraction of sp³-hybridized carbons (Fsp3) is 0.348. The van der Waals surface area contributed by atoms with E-state index in [1.54, 1.807) is 6.92 Å². The van der Waals surface area contributed by atoms with E-state index in [-0.39, 0.29) is 25.7 Å². The largest absolute Gasteiger partial charge is 0.446 e. The quantitative estimate of drug-likeness (QED) is 0.770. The monoisotopic (exact) mass is 408 g/mol. The van der Waals surface area contributed by atoms with E-state index in [2.05, 4.69) is 0 Å². The van der Waals surface area contributed by atoms with E-state index >= 15 is 0 Å². The lowest BCUT2D eigenvalue weighted by Gasteiger charge is -2.29. The normalized spacial score (nSPS) is 23.4. The number of benzene rings is 2. The minimum Gasteiger partial charge on any atom is -0.446 e. The smallest absolute Gasteiger partial charge is 0.417 e. The van der Waals surface area contributed by atoms with Gasteiger partial charge in [-0.2, -0.15) is 0 Å². The topological polar surface area (TPSA) is 76.2 Å². The van der Waals surface area contributed by atoms with E-state index in [0.29, 0.717) is 13.0 Å². The van der Waals surface area contributed by atoms with Crippen LogP contribution in [0.3, 0.4) is 0 Å². The van der Waals surface area contributed by atoms with Gasteiger partial charge in [-0.15, -0.1) is 0 Å². The van der Waals surface area contributed by atoms with Crippen LogP contribution in [0.5, 0.6) is 0 Å². The van der Waals surface area contributed by atoms with E-state index in [9.17, 15) is 14.4 Å². The molecule has 4 rings (SSSR count). The van der Waals surface area contributed by atoms with E-state index in [4.69, 9.17) is 9.47 Å². The second-order valence-corrected chi connectivity index (χ2v) is 7.95. The van der Waals surface area contributed by atoms with Gasteiger partial charge in [0.05, 0.1) is 5.41 Å². The Bertz CT molecular complexity index is 933. The SMILES string of the molecule is C[C@@]1(C(=O)N2C(=O)OC[C@H]2c2ccccc2)CCN(C(=O)OCc2ccccc2)C1. The summed E-state index contributed by atoms with van der Waals surface area (Å²) in [5, 5.41) is 0. The molecular formula is C23H24N2O5. The number of likely N-dealkylation sites (tertiary alicyclic amines) is 1. The van der Waals surface area contributed by atoms with Gasteiger partial charge in [-0.25, -0.2) is 14.5 Å². The summed E-state index contributed by atoms with van der Waals surface area (Å²) >= 11 is 0. The van der Waals surface area contributed by atoms with Crippen molar-refractivity contribution in [3.8, 4) is 0 Å². The standard InChI is InChI=1S/C23H24N2O5/c1-23(12-13-24(16-23)21(27)29-14-17-8-4-2-5-9-17)20(26)25-19(15-30-22(25)28)18-10-6-3-7-11-18/h2-11,19H,12-16H2,1H3/t19-,23+/m0/s1. The van der Waals surface area contributed by atoms with Crippen molar-refractivity contribution >= 4 is 18.1 Å². The molecule has 2 fully saturated rings. The van der Waals surface area contributed by atoms with E-state index in [1.165, 1.54) is 9.80 Å². The lowest BCUT2D eigenvalue weighted by atomic mass is 9.87. The Balaban J connectivity index is 1.42. The fourth-order valence-electron chi connectivity index (χ4n) is 3.96. The van der Waals surface area contributed by atoms with Crippen LogP contribution in [0.2, 0.25) is 0 Å². The number of carbonyl (C=O) groups is 3. The van der Waals surface area contributed by atoms with Gasteiger partial charge in [0.25, 0.3) is 0 Å². The third-order valence-electron chi connectivity index (χ3n) is 5.73. The van der Waals surface area contributed by atoms with Crippen molar-refractivity contribution in [2.24, 2.45) is 5.41 Å². The highest BCUT2D eigenvalue weighted by atomic mass is 16.6. The zero-order valence-corrected chi connectivity index (χ0v) is 16.8. The number of amides is 3. The predicted octanol–water partition coefficient (Wildman–Crippen LogP) is 3.76. The molecule has 0 N–H and O–H groups in total. The van der Waals surface area contributed by atoms with Crippen molar-refractivity contribution < 1.29 is 23.9 Å². The van der Waals surface area contributed by atoms with Crippen LogP contribution >= 0.6 is 0 Å². The maximum Gasteiger partial charge on any atom is 0.417 e. The van der Waals surface area contributed by atoms with Crippen LogP contribution in [0.25, 0.3) is 0 Å². The van der Waals surface area contributed by atoms with Gasteiger partial charge < -0.3 is 14.4 Å². The van der Waals surface area contributed by atoms with E-state index < -0.39 is 23.6 Å². The van der Waals surface area contributed by atoms with Crippen molar-refractivity contribution in [3.63, 3.8) is 0 Å². The maximum atomic E-state index is 13.4. The maximum absolute atomic E-state index is 13.4. The summed E-state index contributed by atoms with van der Waals surface area (Å²) in [6.45, 7) is 2.69. The molecule has 0 bridgehead atoms. The summed E-state index contributed by atoms with van der Waals surface area (Å²) in [7, 11) is 0. The molecule has 0 aromatic heterocycles. The first kappa shape index (κ1) is 19.9. The summed E-state index contributed by atoms with van der Waals surface area (Å²) < 4.78 is 10.6. The molecule has 0 spiro atoms. The van der Waals surface area contributed by atoms with Crippen molar-refractivity contribution in [1.82, 2.24) is 9.80 Å². The highest BCUT2D eigenvalue weighted by Gasteiger charge is 2.50.